The molecule has 2 heterocycles. The quantitative estimate of drug-likeness (QED) is 0.458. The number of aromatic hydroxyl groups is 1. The number of benzene rings is 2. The highest BCUT2D eigenvalue weighted by atomic mass is 35.5. The topological polar surface area (TPSA) is 91.9 Å². The molecule has 0 bridgehead atoms. The number of phenols is 1. The second kappa shape index (κ2) is 7.75. The van der Waals surface area contributed by atoms with Crippen LogP contribution in [0.15, 0.2) is 60.8 Å². The zero-order chi connectivity index (χ0) is 19.5. The van der Waals surface area contributed by atoms with Crippen LogP contribution in [0.3, 0.4) is 0 Å². The molecule has 4 rings (SSSR count). The Bertz CT molecular complexity index is 1110. The first-order chi connectivity index (χ1) is 13.6. The monoisotopic (exact) mass is 396 g/mol. The Balaban J connectivity index is 1.57. The van der Waals surface area contributed by atoms with E-state index in [4.69, 9.17) is 21.4 Å². The minimum absolute atomic E-state index is 0.0268. The third-order valence-electron chi connectivity index (χ3n) is 4.06. The van der Waals surface area contributed by atoms with Gasteiger partial charge in [0.1, 0.15) is 18.1 Å². The zero-order valence-corrected chi connectivity index (χ0v) is 15.5. The maximum Gasteiger partial charge on any atom is 0.247 e. The second-order valence-corrected chi connectivity index (χ2v) is 6.45. The molecule has 0 aliphatic carbocycles. The molecule has 0 spiro atoms. The SMILES string of the molecule is OCCOc1ccc(Nc2nc3ccc(-c4cc(O)ccc4Cl)cn3n2)cc1. The van der Waals surface area contributed by atoms with Crippen LogP contribution in [0.4, 0.5) is 11.6 Å². The standard InChI is InChI=1S/C20H17ClN4O3/c21-18-7-4-15(27)11-17(18)13-1-8-19-23-20(24-25(19)12-13)22-14-2-5-16(6-3-14)28-10-9-26/h1-8,11-12,26-27H,9-10H2,(H,22,24). The Kier molecular flexibility index (Phi) is 5.01. The first-order valence-corrected chi connectivity index (χ1v) is 8.96. The van der Waals surface area contributed by atoms with Crippen LogP contribution in [0, 0.1) is 0 Å². The molecule has 0 aliphatic heterocycles. The summed E-state index contributed by atoms with van der Waals surface area (Å²) in [5, 5.41) is 26.6. The lowest BCUT2D eigenvalue weighted by Gasteiger charge is -2.05. The van der Waals surface area contributed by atoms with Crippen molar-refractivity contribution in [3.8, 4) is 22.6 Å². The molecule has 3 N–H and O–H groups in total. The molecule has 0 aliphatic rings. The predicted molar refractivity (Wildman–Crippen MR) is 107 cm³/mol. The van der Waals surface area contributed by atoms with E-state index in [1.165, 1.54) is 0 Å². The number of hydrogen-bond acceptors (Lipinski definition) is 6. The lowest BCUT2D eigenvalue weighted by molar-refractivity contribution is 0.201. The first-order valence-electron chi connectivity index (χ1n) is 8.58. The summed E-state index contributed by atoms with van der Waals surface area (Å²) < 4.78 is 6.99. The van der Waals surface area contributed by atoms with E-state index in [2.05, 4.69) is 15.4 Å². The van der Waals surface area contributed by atoms with Gasteiger partial charge >= 0.3 is 0 Å². The molecule has 0 saturated carbocycles. The maximum absolute atomic E-state index is 9.72. The number of pyridine rings is 1. The van der Waals surface area contributed by atoms with E-state index in [9.17, 15) is 5.11 Å². The third-order valence-corrected chi connectivity index (χ3v) is 4.39. The van der Waals surface area contributed by atoms with Gasteiger partial charge in [-0.25, -0.2) is 4.52 Å². The van der Waals surface area contributed by atoms with Crippen molar-refractivity contribution >= 4 is 28.9 Å². The lowest BCUT2D eigenvalue weighted by Crippen LogP contribution is -2.01. The molecule has 2 aromatic heterocycles. The summed E-state index contributed by atoms with van der Waals surface area (Å²) >= 11 is 6.25. The van der Waals surface area contributed by atoms with Crippen LogP contribution in [0.1, 0.15) is 0 Å². The highest BCUT2D eigenvalue weighted by Gasteiger charge is 2.09. The molecule has 142 valence electrons. The van der Waals surface area contributed by atoms with Crippen molar-refractivity contribution in [3.63, 3.8) is 0 Å². The first kappa shape index (κ1) is 18.1. The molecule has 0 saturated heterocycles. The largest absolute Gasteiger partial charge is 0.508 e. The smallest absolute Gasteiger partial charge is 0.247 e. The summed E-state index contributed by atoms with van der Waals surface area (Å²) in [6.07, 6.45) is 1.81. The van der Waals surface area contributed by atoms with Crippen molar-refractivity contribution in [2.45, 2.75) is 0 Å². The number of aliphatic hydroxyl groups excluding tert-OH is 1. The van der Waals surface area contributed by atoms with Crippen molar-refractivity contribution < 1.29 is 14.9 Å². The van der Waals surface area contributed by atoms with Gasteiger partial charge in [0.15, 0.2) is 5.65 Å². The van der Waals surface area contributed by atoms with Gasteiger partial charge in [-0.05, 0) is 54.6 Å². The number of nitrogens with zero attached hydrogens (tertiary/aromatic N) is 3. The molecule has 0 fully saturated rings. The number of ether oxygens (including phenoxy) is 1. The molecular formula is C20H17ClN4O3. The fourth-order valence-corrected chi connectivity index (χ4v) is 2.98. The van der Waals surface area contributed by atoms with Gasteiger partial charge in [0.25, 0.3) is 0 Å². The van der Waals surface area contributed by atoms with Gasteiger partial charge < -0.3 is 20.3 Å². The highest BCUT2D eigenvalue weighted by Crippen LogP contribution is 2.31. The number of fused-ring (bicyclic) bond motifs is 1. The van der Waals surface area contributed by atoms with E-state index in [-0.39, 0.29) is 19.0 Å². The van der Waals surface area contributed by atoms with Crippen LogP contribution in [0.2, 0.25) is 5.02 Å². The number of aromatic nitrogens is 3. The molecule has 2 aromatic carbocycles. The second-order valence-electron chi connectivity index (χ2n) is 6.04. The lowest BCUT2D eigenvalue weighted by atomic mass is 10.1. The fraction of sp³-hybridized carbons (Fsp3) is 0.100. The highest BCUT2D eigenvalue weighted by molar-refractivity contribution is 6.33. The molecule has 0 radical (unpaired) electrons. The predicted octanol–water partition coefficient (Wildman–Crippen LogP) is 3.87. The molecular weight excluding hydrogens is 380 g/mol. The Hall–Kier alpha value is -3.29. The third kappa shape index (κ3) is 3.85. The van der Waals surface area contributed by atoms with Gasteiger partial charge in [0.2, 0.25) is 5.95 Å². The molecule has 4 aromatic rings. The van der Waals surface area contributed by atoms with Crippen LogP contribution < -0.4 is 10.1 Å². The Morgan fingerprint density at radius 3 is 2.68 bits per heavy atom. The summed E-state index contributed by atoms with van der Waals surface area (Å²) in [7, 11) is 0. The van der Waals surface area contributed by atoms with E-state index in [1.807, 2.05) is 24.3 Å². The van der Waals surface area contributed by atoms with Gasteiger partial charge in [-0.1, -0.05) is 11.6 Å². The number of hydrogen-bond donors (Lipinski definition) is 3. The Morgan fingerprint density at radius 1 is 1.07 bits per heavy atom. The van der Waals surface area contributed by atoms with Crippen LogP contribution in [0.25, 0.3) is 16.8 Å². The molecule has 8 heteroatoms. The van der Waals surface area contributed by atoms with Gasteiger partial charge in [-0.3, -0.25) is 0 Å². The minimum Gasteiger partial charge on any atom is -0.508 e. The summed E-state index contributed by atoms with van der Waals surface area (Å²) in [5.74, 6) is 1.27. The van der Waals surface area contributed by atoms with Crippen molar-refractivity contribution in [2.24, 2.45) is 0 Å². The summed E-state index contributed by atoms with van der Waals surface area (Å²) in [6.45, 7) is 0.229. The van der Waals surface area contributed by atoms with Gasteiger partial charge in [0.05, 0.1) is 6.61 Å². The van der Waals surface area contributed by atoms with Crippen molar-refractivity contribution in [1.82, 2.24) is 14.6 Å². The van der Waals surface area contributed by atoms with Crippen molar-refractivity contribution in [2.75, 3.05) is 18.5 Å². The average Bonchev–Trinajstić information content (AvgIpc) is 3.10. The van der Waals surface area contributed by atoms with E-state index in [0.29, 0.717) is 27.9 Å². The van der Waals surface area contributed by atoms with Crippen LogP contribution in [-0.4, -0.2) is 38.0 Å². The van der Waals surface area contributed by atoms with Gasteiger partial charge in [-0.2, -0.15) is 4.98 Å². The van der Waals surface area contributed by atoms with Crippen molar-refractivity contribution in [3.05, 3.63) is 65.8 Å². The fourth-order valence-electron chi connectivity index (χ4n) is 2.76. The van der Waals surface area contributed by atoms with Gasteiger partial charge in [-0.15, -0.1) is 5.10 Å². The van der Waals surface area contributed by atoms with Crippen molar-refractivity contribution in [1.29, 1.82) is 0 Å². The number of rotatable bonds is 6. The number of anilines is 2. The van der Waals surface area contributed by atoms with Crippen LogP contribution >= 0.6 is 11.6 Å². The Morgan fingerprint density at radius 2 is 1.89 bits per heavy atom. The summed E-state index contributed by atoms with van der Waals surface area (Å²) in [4.78, 5) is 4.45. The van der Waals surface area contributed by atoms with E-state index >= 15 is 0 Å². The van der Waals surface area contributed by atoms with Crippen LogP contribution in [0.5, 0.6) is 11.5 Å². The van der Waals surface area contributed by atoms with E-state index in [1.54, 1.807) is 41.0 Å². The number of phenolic OH excluding ortho intramolecular Hbond substituents is 1. The summed E-state index contributed by atoms with van der Waals surface area (Å²) in [5.41, 5.74) is 3.01. The molecule has 0 unspecified atom stereocenters. The summed E-state index contributed by atoms with van der Waals surface area (Å²) in [6, 6.07) is 15.8. The Labute approximate surface area is 165 Å². The number of halogens is 1. The molecule has 7 nitrogen and oxygen atoms in total. The molecule has 0 atom stereocenters. The minimum atomic E-state index is -0.0268. The normalized spacial score (nSPS) is 10.9. The van der Waals surface area contributed by atoms with E-state index < -0.39 is 0 Å². The van der Waals surface area contributed by atoms with E-state index in [0.717, 1.165) is 11.3 Å². The van der Waals surface area contributed by atoms with Gasteiger partial charge in [0, 0.05) is 28.0 Å². The zero-order valence-electron chi connectivity index (χ0n) is 14.7. The number of aliphatic hydroxyl groups is 1. The maximum atomic E-state index is 9.72. The van der Waals surface area contributed by atoms with Crippen LogP contribution in [-0.2, 0) is 0 Å². The number of nitrogens with one attached hydrogen (secondary N) is 1. The molecule has 0 amide bonds. The molecule has 28 heavy (non-hydrogen) atoms. The average molecular weight is 397 g/mol.